The lowest BCUT2D eigenvalue weighted by atomic mass is 9.78. The van der Waals surface area contributed by atoms with Gasteiger partial charge in [0.25, 0.3) is 0 Å². The second kappa shape index (κ2) is 4.05. The molecule has 0 aliphatic carbocycles. The molecule has 2 aliphatic rings. The van der Waals surface area contributed by atoms with E-state index in [1.165, 1.54) is 0 Å². The van der Waals surface area contributed by atoms with E-state index in [9.17, 15) is 5.11 Å². The summed E-state index contributed by atoms with van der Waals surface area (Å²) < 4.78 is 5.50. The summed E-state index contributed by atoms with van der Waals surface area (Å²) >= 11 is 0. The monoisotopic (exact) mass is 234 g/mol. The molecule has 2 aliphatic heterocycles. The maximum Gasteiger partial charge on any atom is 0.0942 e. The van der Waals surface area contributed by atoms with Crippen molar-refractivity contribution in [3.8, 4) is 0 Å². The van der Waals surface area contributed by atoms with Crippen LogP contribution in [0.1, 0.15) is 24.1 Å². The van der Waals surface area contributed by atoms with Crippen molar-refractivity contribution < 1.29 is 9.84 Å². The molecule has 17 heavy (non-hydrogen) atoms. The van der Waals surface area contributed by atoms with E-state index in [0.29, 0.717) is 26.1 Å². The third-order valence-electron chi connectivity index (χ3n) is 3.73. The largest absolute Gasteiger partial charge is 0.385 e. The fourth-order valence-electron chi connectivity index (χ4n) is 2.90. The van der Waals surface area contributed by atoms with Crippen LogP contribution in [-0.2, 0) is 10.3 Å². The van der Waals surface area contributed by atoms with Gasteiger partial charge in [0.15, 0.2) is 0 Å². The van der Waals surface area contributed by atoms with E-state index >= 15 is 0 Å². The molecule has 2 fully saturated rings. The molecular weight excluding hydrogens is 216 g/mol. The third kappa shape index (κ3) is 2.08. The molecule has 0 radical (unpaired) electrons. The average Bonchev–Trinajstić information content (AvgIpc) is 2.29. The highest BCUT2D eigenvalue weighted by molar-refractivity contribution is 5.22. The Kier molecular flexibility index (Phi) is 2.65. The van der Waals surface area contributed by atoms with Gasteiger partial charge in [-0.1, -0.05) is 6.07 Å². The number of hydrogen-bond donors (Lipinski definition) is 2. The van der Waals surface area contributed by atoms with Gasteiger partial charge in [-0.3, -0.25) is 4.98 Å². The van der Waals surface area contributed by atoms with E-state index in [0.717, 1.165) is 11.3 Å². The number of aliphatic hydroxyl groups is 1. The zero-order valence-corrected chi connectivity index (χ0v) is 10.0. The number of fused-ring (bicyclic) bond motifs is 2. The van der Waals surface area contributed by atoms with E-state index in [4.69, 9.17) is 4.74 Å². The van der Waals surface area contributed by atoms with Crippen LogP contribution in [0.25, 0.3) is 0 Å². The number of aromatic nitrogens is 1. The van der Waals surface area contributed by atoms with Gasteiger partial charge in [-0.05, 0) is 25.8 Å². The van der Waals surface area contributed by atoms with Crippen molar-refractivity contribution in [1.82, 2.24) is 10.3 Å². The molecular formula is C13H18N2O2. The average molecular weight is 234 g/mol. The topological polar surface area (TPSA) is 54.4 Å². The van der Waals surface area contributed by atoms with Crippen LogP contribution >= 0.6 is 0 Å². The van der Waals surface area contributed by atoms with Crippen molar-refractivity contribution in [2.75, 3.05) is 13.2 Å². The molecule has 4 heteroatoms. The summed E-state index contributed by atoms with van der Waals surface area (Å²) in [5.74, 6) is 0. The van der Waals surface area contributed by atoms with E-state index in [1.54, 1.807) is 6.20 Å². The van der Waals surface area contributed by atoms with E-state index in [2.05, 4.69) is 10.3 Å². The fraction of sp³-hybridized carbons (Fsp3) is 0.615. The summed E-state index contributed by atoms with van der Waals surface area (Å²) in [4.78, 5) is 4.28. The Hall–Kier alpha value is -0.970. The molecule has 2 N–H and O–H groups in total. The number of nitrogens with one attached hydrogen (secondary N) is 1. The van der Waals surface area contributed by atoms with Gasteiger partial charge in [0.05, 0.1) is 18.8 Å². The number of ether oxygens (including phenoxy) is 1. The Labute approximate surface area is 101 Å². The first-order valence-electron chi connectivity index (χ1n) is 6.15. The second-order valence-corrected chi connectivity index (χ2v) is 5.23. The van der Waals surface area contributed by atoms with Gasteiger partial charge in [-0.25, -0.2) is 0 Å². The molecule has 92 valence electrons. The first kappa shape index (κ1) is 11.1. The number of rotatable bonds is 1. The van der Waals surface area contributed by atoms with Gasteiger partial charge in [0.1, 0.15) is 0 Å². The van der Waals surface area contributed by atoms with Gasteiger partial charge in [0, 0.05) is 29.5 Å². The lowest BCUT2D eigenvalue weighted by Crippen LogP contribution is -2.58. The van der Waals surface area contributed by atoms with Crippen molar-refractivity contribution in [1.29, 1.82) is 0 Å². The SMILES string of the molecule is Cc1ccc(C2(O)CC3COCC(C2)N3)cn1. The zero-order chi connectivity index (χ0) is 11.9. The predicted molar refractivity (Wildman–Crippen MR) is 63.6 cm³/mol. The van der Waals surface area contributed by atoms with E-state index in [1.807, 2.05) is 19.1 Å². The Bertz CT molecular complexity index is 392. The lowest BCUT2D eigenvalue weighted by molar-refractivity contribution is -0.0803. The second-order valence-electron chi connectivity index (χ2n) is 5.23. The summed E-state index contributed by atoms with van der Waals surface area (Å²) in [6.45, 7) is 3.34. The molecule has 3 rings (SSSR count). The maximum absolute atomic E-state index is 10.8. The zero-order valence-electron chi connectivity index (χ0n) is 10.0. The summed E-state index contributed by atoms with van der Waals surface area (Å²) in [7, 11) is 0. The minimum Gasteiger partial charge on any atom is -0.385 e. The molecule has 3 heterocycles. The smallest absolute Gasteiger partial charge is 0.0942 e. The Morgan fingerprint density at radius 2 is 2.06 bits per heavy atom. The molecule has 2 bridgehead atoms. The highest BCUT2D eigenvalue weighted by Gasteiger charge is 2.42. The van der Waals surface area contributed by atoms with Crippen LogP contribution in [0.15, 0.2) is 18.3 Å². The van der Waals surface area contributed by atoms with Crippen LogP contribution < -0.4 is 5.32 Å². The Morgan fingerprint density at radius 1 is 1.35 bits per heavy atom. The summed E-state index contributed by atoms with van der Waals surface area (Å²) in [5.41, 5.74) is 1.17. The molecule has 0 amide bonds. The lowest BCUT2D eigenvalue weighted by Gasteiger charge is -2.45. The number of hydrogen-bond acceptors (Lipinski definition) is 4. The third-order valence-corrected chi connectivity index (χ3v) is 3.73. The van der Waals surface area contributed by atoms with E-state index < -0.39 is 5.60 Å². The summed E-state index contributed by atoms with van der Waals surface area (Å²) in [6, 6.07) is 4.47. The van der Waals surface area contributed by atoms with E-state index in [-0.39, 0.29) is 12.1 Å². The molecule has 2 atom stereocenters. The fourth-order valence-corrected chi connectivity index (χ4v) is 2.90. The molecule has 1 aromatic heterocycles. The quantitative estimate of drug-likeness (QED) is 0.752. The first-order chi connectivity index (χ1) is 8.16. The summed E-state index contributed by atoms with van der Waals surface area (Å²) in [5, 5.41) is 14.3. The maximum atomic E-state index is 10.8. The predicted octanol–water partition coefficient (Wildman–Crippen LogP) is 0.728. The highest BCUT2D eigenvalue weighted by Crippen LogP contribution is 2.36. The Morgan fingerprint density at radius 3 is 2.65 bits per heavy atom. The van der Waals surface area contributed by atoms with Crippen LogP contribution in [0.2, 0.25) is 0 Å². The Balaban J connectivity index is 1.87. The minimum atomic E-state index is -0.745. The van der Waals surface area contributed by atoms with Crippen molar-refractivity contribution in [3.63, 3.8) is 0 Å². The molecule has 1 aromatic rings. The van der Waals surface area contributed by atoms with Crippen molar-refractivity contribution in [2.24, 2.45) is 0 Å². The number of piperidine rings is 1. The molecule has 0 aromatic carbocycles. The first-order valence-corrected chi connectivity index (χ1v) is 6.15. The van der Waals surface area contributed by atoms with Crippen molar-refractivity contribution >= 4 is 0 Å². The minimum absolute atomic E-state index is 0.258. The van der Waals surface area contributed by atoms with Gasteiger partial charge >= 0.3 is 0 Å². The number of pyridine rings is 1. The number of nitrogens with zero attached hydrogens (tertiary/aromatic N) is 1. The normalized spacial score (nSPS) is 36.8. The van der Waals surface area contributed by atoms with Gasteiger partial charge in [-0.2, -0.15) is 0 Å². The number of morpholine rings is 1. The molecule has 0 spiro atoms. The van der Waals surface area contributed by atoms with Crippen LogP contribution in [0, 0.1) is 6.92 Å². The van der Waals surface area contributed by atoms with Crippen LogP contribution in [0.5, 0.6) is 0 Å². The van der Waals surface area contributed by atoms with Gasteiger partial charge < -0.3 is 15.2 Å². The molecule has 0 saturated carbocycles. The number of aryl methyl sites for hydroxylation is 1. The van der Waals surface area contributed by atoms with Crippen LogP contribution in [0.3, 0.4) is 0 Å². The summed E-state index contributed by atoms with van der Waals surface area (Å²) in [6.07, 6.45) is 3.21. The van der Waals surface area contributed by atoms with Crippen molar-refractivity contribution in [3.05, 3.63) is 29.6 Å². The molecule has 4 nitrogen and oxygen atoms in total. The standard InChI is InChI=1S/C13H18N2O2/c1-9-2-3-10(6-14-9)13(16)4-11-7-17-8-12(5-13)15-11/h2-3,6,11-12,15-16H,4-5,7-8H2,1H3. The van der Waals surface area contributed by atoms with Gasteiger partial charge in [0.2, 0.25) is 0 Å². The molecule has 2 saturated heterocycles. The van der Waals surface area contributed by atoms with Crippen LogP contribution in [-0.4, -0.2) is 35.4 Å². The highest BCUT2D eigenvalue weighted by atomic mass is 16.5. The van der Waals surface area contributed by atoms with Crippen LogP contribution in [0.4, 0.5) is 0 Å². The molecule has 2 unspecified atom stereocenters. The van der Waals surface area contributed by atoms with Gasteiger partial charge in [-0.15, -0.1) is 0 Å². The van der Waals surface area contributed by atoms with Crippen molar-refractivity contribution in [2.45, 2.75) is 37.5 Å².